The van der Waals surface area contributed by atoms with Crippen LogP contribution in [0.15, 0.2) is 35.4 Å². The van der Waals surface area contributed by atoms with Crippen LogP contribution in [0.3, 0.4) is 0 Å². The molecule has 0 unspecified atom stereocenters. The first kappa shape index (κ1) is 33.9. The van der Waals surface area contributed by atoms with Crippen molar-refractivity contribution in [3.05, 3.63) is 35.9 Å². The molecule has 1 aliphatic carbocycles. The summed E-state index contributed by atoms with van der Waals surface area (Å²) in [6.07, 6.45) is 9.78. The van der Waals surface area contributed by atoms with Gasteiger partial charge in [-0.25, -0.2) is 9.80 Å². The van der Waals surface area contributed by atoms with Crippen molar-refractivity contribution in [2.24, 2.45) is 16.9 Å². The summed E-state index contributed by atoms with van der Waals surface area (Å²) in [7, 11) is 0. The lowest BCUT2D eigenvalue weighted by atomic mass is 9.91. The van der Waals surface area contributed by atoms with Crippen molar-refractivity contribution < 1.29 is 14.4 Å². The number of carbonyl (C=O) groups is 2. The number of likely N-dealkylation sites (tertiary alicyclic amines) is 1. The van der Waals surface area contributed by atoms with Crippen LogP contribution in [0.2, 0.25) is 0 Å². The van der Waals surface area contributed by atoms with Crippen molar-refractivity contribution in [2.45, 2.75) is 109 Å². The third-order valence-electron chi connectivity index (χ3n) is 8.94. The van der Waals surface area contributed by atoms with E-state index >= 15 is 0 Å². The Labute approximate surface area is 267 Å². The van der Waals surface area contributed by atoms with Crippen molar-refractivity contribution in [3.63, 3.8) is 0 Å². The molecule has 3 aliphatic rings. The molecule has 1 aromatic carbocycles. The zero-order valence-corrected chi connectivity index (χ0v) is 28.1. The fourth-order valence-corrected chi connectivity index (χ4v) is 9.18. The number of nitrogens with one attached hydrogen (secondary N) is 1. The van der Waals surface area contributed by atoms with Crippen LogP contribution in [-0.4, -0.2) is 86.2 Å². The van der Waals surface area contributed by atoms with Crippen molar-refractivity contribution in [1.82, 2.24) is 20.1 Å². The van der Waals surface area contributed by atoms with E-state index < -0.39 is 17.1 Å². The van der Waals surface area contributed by atoms with Gasteiger partial charge in [0.05, 0.1) is 4.87 Å². The summed E-state index contributed by atoms with van der Waals surface area (Å²) in [5.74, 6) is 2.90. The Morgan fingerprint density at radius 1 is 1.12 bits per heavy atom. The standard InChI is InChI=1S/C33H51N5O3S2/c1-25(2)19-31(40)37-30(23-43-33(37,3)4)38(34-24-39)29(22-42-21-27-13-9-6-10-14-27)32(41)35-28-15-17-36(18-16-28)20-26-11-7-5-8-12-26/h5,7-8,11-12,25,27-30H,6,9-10,13-23H2,1-4H3,(H,35,41)/t29-,30+/m0/s1. The van der Waals surface area contributed by atoms with Crippen LogP contribution in [0.5, 0.6) is 0 Å². The first-order chi connectivity index (χ1) is 20.7. The third kappa shape index (κ3) is 9.74. The van der Waals surface area contributed by atoms with Gasteiger partial charge in [-0.2, -0.15) is 11.8 Å². The molecule has 43 heavy (non-hydrogen) atoms. The SMILES string of the molecule is CC(C)CC(=O)N1[C@H](N(N=C=O)[C@@H](CSCC2CCCCC2)C(=O)NC2CCN(Cc3ccccc3)CC2)CSC1(C)C. The maximum absolute atomic E-state index is 14.1. The minimum Gasteiger partial charge on any atom is -0.351 e. The smallest absolute Gasteiger partial charge is 0.258 e. The van der Waals surface area contributed by atoms with Crippen molar-refractivity contribution in [2.75, 3.05) is 30.3 Å². The highest BCUT2D eigenvalue weighted by Gasteiger charge is 2.48. The molecule has 4 rings (SSSR count). The molecule has 1 saturated carbocycles. The number of carbonyl (C=O) groups excluding carboxylic acids is 3. The molecule has 238 valence electrons. The van der Waals surface area contributed by atoms with Gasteiger partial charge in [0.2, 0.25) is 11.8 Å². The number of thioether (sulfide) groups is 2. The summed E-state index contributed by atoms with van der Waals surface area (Å²) in [6.45, 7) is 10.9. The van der Waals surface area contributed by atoms with Crippen LogP contribution >= 0.6 is 23.5 Å². The maximum atomic E-state index is 14.1. The minimum absolute atomic E-state index is 0.0286. The molecule has 2 heterocycles. The first-order valence-electron chi connectivity index (χ1n) is 16.1. The Hall–Kier alpha value is -2.00. The molecule has 0 aromatic heterocycles. The zero-order valence-electron chi connectivity index (χ0n) is 26.5. The first-order valence-corrected chi connectivity index (χ1v) is 18.3. The lowest BCUT2D eigenvalue weighted by molar-refractivity contribution is -0.144. The van der Waals surface area contributed by atoms with Gasteiger partial charge < -0.3 is 10.2 Å². The molecule has 8 nitrogen and oxygen atoms in total. The molecular weight excluding hydrogens is 579 g/mol. The monoisotopic (exact) mass is 629 g/mol. The van der Waals surface area contributed by atoms with Gasteiger partial charge in [0.1, 0.15) is 12.2 Å². The molecule has 1 aromatic rings. The predicted octanol–water partition coefficient (Wildman–Crippen LogP) is 5.69. The zero-order chi connectivity index (χ0) is 30.8. The van der Waals surface area contributed by atoms with E-state index in [9.17, 15) is 14.4 Å². The van der Waals surface area contributed by atoms with E-state index in [0.717, 1.165) is 38.2 Å². The number of nitrogens with zero attached hydrogens (tertiary/aromatic N) is 4. The van der Waals surface area contributed by atoms with Gasteiger partial charge in [0.25, 0.3) is 6.08 Å². The molecule has 2 aliphatic heterocycles. The molecule has 10 heteroatoms. The van der Waals surface area contributed by atoms with Gasteiger partial charge in [-0.15, -0.1) is 11.8 Å². The molecule has 0 radical (unpaired) electrons. The average Bonchev–Trinajstić information content (AvgIpc) is 3.30. The highest BCUT2D eigenvalue weighted by molar-refractivity contribution is 8.00. The normalized spacial score (nSPS) is 22.3. The van der Waals surface area contributed by atoms with E-state index in [2.05, 4.69) is 39.6 Å². The fraction of sp³-hybridized carbons (Fsp3) is 0.727. The van der Waals surface area contributed by atoms with Gasteiger partial charge in [-0.05, 0) is 62.7 Å². The van der Waals surface area contributed by atoms with E-state index in [1.807, 2.05) is 38.7 Å². The van der Waals surface area contributed by atoms with Gasteiger partial charge in [0, 0.05) is 43.6 Å². The third-order valence-corrected chi connectivity index (χ3v) is 11.6. The highest BCUT2D eigenvalue weighted by Crippen LogP contribution is 2.41. The summed E-state index contributed by atoms with van der Waals surface area (Å²) in [5, 5.41) is 9.10. The number of rotatable bonds is 13. The van der Waals surface area contributed by atoms with Crippen LogP contribution < -0.4 is 5.32 Å². The van der Waals surface area contributed by atoms with Crippen LogP contribution in [0.1, 0.15) is 84.6 Å². The Morgan fingerprint density at radius 2 is 1.81 bits per heavy atom. The Bertz CT molecular complexity index is 1080. The van der Waals surface area contributed by atoms with Crippen LogP contribution in [0, 0.1) is 11.8 Å². The number of hydrogen-bond donors (Lipinski definition) is 1. The minimum atomic E-state index is -0.661. The van der Waals surface area contributed by atoms with Crippen LogP contribution in [-0.2, 0) is 20.9 Å². The van der Waals surface area contributed by atoms with E-state index in [0.29, 0.717) is 23.8 Å². The lowest BCUT2D eigenvalue weighted by Crippen LogP contribution is -2.59. The number of hydrogen-bond acceptors (Lipinski definition) is 8. The molecule has 2 atom stereocenters. The molecule has 2 amide bonds. The quantitative estimate of drug-likeness (QED) is 0.171. The maximum Gasteiger partial charge on any atom is 0.258 e. The lowest BCUT2D eigenvalue weighted by Gasteiger charge is -2.41. The molecule has 1 N–H and O–H groups in total. The summed E-state index contributed by atoms with van der Waals surface area (Å²) >= 11 is 3.45. The topological polar surface area (TPSA) is 85.3 Å². The second-order valence-electron chi connectivity index (χ2n) is 13.3. The summed E-state index contributed by atoms with van der Waals surface area (Å²) < 4.78 is 0. The average molecular weight is 630 g/mol. The fourth-order valence-electron chi connectivity index (χ4n) is 6.63. The Balaban J connectivity index is 1.47. The van der Waals surface area contributed by atoms with Crippen molar-refractivity contribution in [1.29, 1.82) is 0 Å². The van der Waals surface area contributed by atoms with E-state index in [1.165, 1.54) is 37.7 Å². The molecule has 0 spiro atoms. The molecule has 0 bridgehead atoms. The van der Waals surface area contributed by atoms with Gasteiger partial charge in [0.15, 0.2) is 0 Å². The predicted molar refractivity (Wildman–Crippen MR) is 177 cm³/mol. The van der Waals surface area contributed by atoms with Gasteiger partial charge in [-0.1, -0.05) is 68.5 Å². The van der Waals surface area contributed by atoms with E-state index in [-0.39, 0.29) is 23.8 Å². The van der Waals surface area contributed by atoms with Crippen molar-refractivity contribution in [3.8, 4) is 0 Å². The van der Waals surface area contributed by atoms with Gasteiger partial charge in [-0.3, -0.25) is 14.5 Å². The number of benzene rings is 1. The second kappa shape index (κ2) is 16.4. The number of amides is 2. The van der Waals surface area contributed by atoms with Crippen LogP contribution in [0.4, 0.5) is 0 Å². The van der Waals surface area contributed by atoms with Crippen molar-refractivity contribution >= 4 is 41.4 Å². The van der Waals surface area contributed by atoms with E-state index in [4.69, 9.17) is 0 Å². The Morgan fingerprint density at radius 3 is 2.47 bits per heavy atom. The summed E-state index contributed by atoms with van der Waals surface area (Å²) in [6, 6.07) is 9.91. The number of hydrazone groups is 1. The van der Waals surface area contributed by atoms with E-state index in [1.54, 1.807) is 34.6 Å². The summed E-state index contributed by atoms with van der Waals surface area (Å²) in [4.78, 5) is 43.2. The van der Waals surface area contributed by atoms with Gasteiger partial charge >= 0.3 is 0 Å². The summed E-state index contributed by atoms with van der Waals surface area (Å²) in [5.41, 5.74) is 1.30. The number of piperidine rings is 1. The second-order valence-corrected chi connectivity index (χ2v) is 16.0. The largest absolute Gasteiger partial charge is 0.351 e. The number of isocyanates is 1. The molecule has 2 saturated heterocycles. The Kier molecular flexibility index (Phi) is 12.9. The molecule has 3 fully saturated rings. The highest BCUT2D eigenvalue weighted by atomic mass is 32.2. The molecular formula is C33H51N5O3S2. The van der Waals surface area contributed by atoms with Crippen LogP contribution in [0.25, 0.3) is 0 Å².